The smallest absolute Gasteiger partial charge is 0.416 e. The van der Waals surface area contributed by atoms with Crippen molar-refractivity contribution in [2.45, 2.75) is 50.9 Å². The molecular formula is C36H24Cl4F6N4O7. The van der Waals surface area contributed by atoms with Crippen LogP contribution in [0.15, 0.2) is 48.5 Å². The molecule has 0 bridgehead atoms. The molecule has 21 heteroatoms. The summed E-state index contributed by atoms with van der Waals surface area (Å²) in [6.45, 7) is -0.531. The largest absolute Gasteiger partial charge is 0.486 e. The van der Waals surface area contributed by atoms with Crippen molar-refractivity contribution in [2.75, 3.05) is 13.2 Å². The highest BCUT2D eigenvalue weighted by molar-refractivity contribution is 6.40. The van der Waals surface area contributed by atoms with Gasteiger partial charge in [0.1, 0.15) is 11.5 Å². The van der Waals surface area contributed by atoms with Crippen molar-refractivity contribution >= 4 is 57.8 Å². The minimum atomic E-state index is -4.94. The van der Waals surface area contributed by atoms with E-state index in [4.69, 9.17) is 71.1 Å². The molecule has 0 atom stereocenters. The quantitative estimate of drug-likeness (QED) is 0.0461. The molecule has 11 nitrogen and oxygen atoms in total. The highest BCUT2D eigenvalue weighted by atomic mass is 35.5. The number of hydrogen-bond acceptors (Lipinski definition) is 9. The molecular weight excluding hydrogens is 856 g/mol. The van der Waals surface area contributed by atoms with E-state index in [9.17, 15) is 46.6 Å². The lowest BCUT2D eigenvalue weighted by Crippen LogP contribution is -2.08. The molecule has 0 saturated carbocycles. The summed E-state index contributed by atoms with van der Waals surface area (Å²) in [6.07, 6.45) is -8.75. The van der Waals surface area contributed by atoms with Crippen LogP contribution in [0, 0.1) is 42.9 Å². The monoisotopic (exact) mass is 878 g/mol. The number of alkyl halides is 6. The number of rotatable bonds is 16. The number of ether oxygens (including phenoxy) is 3. The van der Waals surface area contributed by atoms with Crippen molar-refractivity contribution < 1.29 is 50.4 Å². The van der Waals surface area contributed by atoms with E-state index in [0.29, 0.717) is 24.3 Å². The van der Waals surface area contributed by atoms with Gasteiger partial charge < -0.3 is 14.2 Å². The van der Waals surface area contributed by atoms with E-state index >= 15 is 0 Å². The van der Waals surface area contributed by atoms with Gasteiger partial charge in [0.2, 0.25) is 11.5 Å². The number of nitro groups is 2. The van der Waals surface area contributed by atoms with E-state index in [2.05, 4.69) is 0 Å². The van der Waals surface area contributed by atoms with E-state index in [0.717, 1.165) is 24.3 Å². The average Bonchev–Trinajstić information content (AvgIpc) is 3.11. The predicted molar refractivity (Wildman–Crippen MR) is 197 cm³/mol. The van der Waals surface area contributed by atoms with Crippen molar-refractivity contribution in [2.24, 2.45) is 0 Å². The maximum atomic E-state index is 13.8. The van der Waals surface area contributed by atoms with Crippen LogP contribution in [0.5, 0.6) is 23.0 Å². The van der Waals surface area contributed by atoms with Crippen molar-refractivity contribution in [3.8, 4) is 57.4 Å². The zero-order valence-corrected chi connectivity index (χ0v) is 31.7. The van der Waals surface area contributed by atoms with E-state index < -0.39 is 110 Å². The number of benzene rings is 4. The van der Waals surface area contributed by atoms with Crippen LogP contribution >= 0.6 is 46.4 Å². The van der Waals surface area contributed by atoms with Crippen LogP contribution < -0.4 is 14.2 Å². The Morgan fingerprint density at radius 3 is 1.19 bits per heavy atom. The Labute approximate surface area is 339 Å². The summed E-state index contributed by atoms with van der Waals surface area (Å²) < 4.78 is 100. The Bertz CT molecular complexity index is 2080. The summed E-state index contributed by atoms with van der Waals surface area (Å²) in [5.74, 6) is -2.13. The molecule has 0 heterocycles. The van der Waals surface area contributed by atoms with E-state index in [-0.39, 0.29) is 51.7 Å². The maximum Gasteiger partial charge on any atom is 0.416 e. The molecule has 4 aromatic carbocycles. The molecule has 4 aromatic rings. The van der Waals surface area contributed by atoms with Crippen LogP contribution in [0.4, 0.5) is 37.7 Å². The molecule has 0 amide bonds. The van der Waals surface area contributed by atoms with Crippen LogP contribution in [-0.2, 0) is 12.4 Å². The van der Waals surface area contributed by atoms with Crippen molar-refractivity contribution in [1.82, 2.24) is 0 Å². The van der Waals surface area contributed by atoms with Gasteiger partial charge in [-0.2, -0.15) is 36.9 Å². The van der Waals surface area contributed by atoms with Crippen molar-refractivity contribution in [3.05, 3.63) is 100.0 Å². The summed E-state index contributed by atoms with van der Waals surface area (Å²) in [4.78, 5) is 22.9. The molecule has 57 heavy (non-hydrogen) atoms. The third-order valence-corrected chi connectivity index (χ3v) is 9.10. The molecule has 0 unspecified atom stereocenters. The van der Waals surface area contributed by atoms with E-state index in [1.807, 2.05) is 12.1 Å². The van der Waals surface area contributed by atoms with Gasteiger partial charge in [-0.15, -0.1) is 0 Å². The first-order valence-electron chi connectivity index (χ1n) is 16.2. The van der Waals surface area contributed by atoms with Crippen LogP contribution in [0.25, 0.3) is 22.3 Å². The number of hydrogen-bond donors (Lipinski definition) is 0. The van der Waals surface area contributed by atoms with Gasteiger partial charge in [0.25, 0.3) is 0 Å². The number of nitrogens with zero attached hydrogens (tertiary/aromatic N) is 4. The molecule has 0 spiro atoms. The first-order valence-corrected chi connectivity index (χ1v) is 17.8. The second-order valence-electron chi connectivity index (χ2n) is 11.7. The topological polar surface area (TPSA) is 162 Å². The first kappa shape index (κ1) is 44.5. The Morgan fingerprint density at radius 1 is 0.579 bits per heavy atom. The third kappa shape index (κ3) is 10.6. The number of unbranched alkanes of at least 4 members (excludes halogenated alkanes) is 4. The van der Waals surface area contributed by atoms with Gasteiger partial charge >= 0.3 is 23.7 Å². The Hall–Kier alpha value is -5.20. The summed E-state index contributed by atoms with van der Waals surface area (Å²) in [6, 6.07) is 9.64. The Kier molecular flexibility index (Phi) is 14.7. The average molecular weight is 880 g/mol. The molecule has 300 valence electrons. The Morgan fingerprint density at radius 2 is 0.912 bits per heavy atom. The fourth-order valence-electron chi connectivity index (χ4n) is 5.36. The van der Waals surface area contributed by atoms with Crippen molar-refractivity contribution in [1.29, 1.82) is 10.5 Å². The molecule has 0 aliphatic heterocycles. The van der Waals surface area contributed by atoms with E-state index in [1.54, 1.807) is 0 Å². The second-order valence-corrected chi connectivity index (χ2v) is 13.4. The zero-order valence-electron chi connectivity index (χ0n) is 28.7. The summed E-state index contributed by atoms with van der Waals surface area (Å²) in [5, 5.41) is 39.8. The normalized spacial score (nSPS) is 11.4. The van der Waals surface area contributed by atoms with Gasteiger partial charge in [-0.05, 0) is 62.1 Å². The minimum Gasteiger partial charge on any atom is -0.486 e. The lowest BCUT2D eigenvalue weighted by atomic mass is 9.98. The molecule has 0 N–H and O–H groups in total. The Balaban J connectivity index is 2.10. The molecule has 0 aromatic heterocycles. The van der Waals surface area contributed by atoms with Gasteiger partial charge in [-0.3, -0.25) is 20.2 Å². The molecule has 0 radical (unpaired) electrons. The molecule has 0 saturated heterocycles. The van der Waals surface area contributed by atoms with Crippen LogP contribution in [-0.4, -0.2) is 23.1 Å². The van der Waals surface area contributed by atoms with Crippen LogP contribution in [0.1, 0.15) is 49.7 Å². The van der Waals surface area contributed by atoms with Crippen LogP contribution in [0.2, 0.25) is 20.1 Å². The fraction of sp³-hybridized carbons (Fsp3) is 0.278. The van der Waals surface area contributed by atoms with Gasteiger partial charge in [0, 0.05) is 36.1 Å². The highest BCUT2D eigenvalue weighted by Gasteiger charge is 2.37. The summed E-state index contributed by atoms with van der Waals surface area (Å²) in [5.41, 5.74) is -5.86. The number of nitro benzene ring substituents is 2. The van der Waals surface area contributed by atoms with Gasteiger partial charge in [0.05, 0.1) is 77.5 Å². The standard InChI is InChI=1S/C36H24Cl4F6N4O7/c37-21-15-19(35(41,42)43)16-22(38)29(21)31-27(9-7-25(49(51)52)33(31)55-13-5-1-3-11-47)57-28-10-8-26(50(53)54)34(56-14-6-2-4-12-48)32(28)30-23(39)17-20(18-24(30)40)36(44,45)46/h7-10,15-18H,1-6,13-14H2. The minimum absolute atomic E-state index is 0.0960. The molecule has 0 aliphatic carbocycles. The fourth-order valence-corrected chi connectivity index (χ4v) is 6.71. The molecule has 0 fully saturated rings. The lowest BCUT2D eigenvalue weighted by molar-refractivity contribution is -0.385. The number of nitriles is 2. The summed E-state index contributed by atoms with van der Waals surface area (Å²) >= 11 is 25.6. The summed E-state index contributed by atoms with van der Waals surface area (Å²) in [7, 11) is 0. The van der Waals surface area contributed by atoms with E-state index in [1.165, 1.54) is 0 Å². The molecule has 4 rings (SSSR count). The highest BCUT2D eigenvalue weighted by Crippen LogP contribution is 2.55. The van der Waals surface area contributed by atoms with Gasteiger partial charge in [0.15, 0.2) is 0 Å². The lowest BCUT2D eigenvalue weighted by Gasteiger charge is -2.22. The SMILES string of the molecule is N#CCCCCOc1c([N+](=O)[O-])ccc(Oc2ccc([N+](=O)[O-])c(OCCCCC#N)c2-c2c(Cl)cc(C(F)(F)F)cc2Cl)c1-c1c(Cl)cc(C(F)(F)F)cc1Cl. The van der Waals surface area contributed by atoms with Crippen LogP contribution in [0.3, 0.4) is 0 Å². The third-order valence-electron chi connectivity index (χ3n) is 7.91. The van der Waals surface area contributed by atoms with Crippen molar-refractivity contribution in [3.63, 3.8) is 0 Å². The van der Waals surface area contributed by atoms with Gasteiger partial charge in [-0.1, -0.05) is 46.4 Å². The second kappa shape index (κ2) is 18.8. The van der Waals surface area contributed by atoms with Gasteiger partial charge in [-0.25, -0.2) is 0 Å². The number of halogens is 10. The zero-order chi connectivity index (χ0) is 42.2. The molecule has 0 aliphatic rings. The predicted octanol–water partition coefficient (Wildman–Crippen LogP) is 13.4. The first-order chi connectivity index (χ1) is 26.8. The maximum absolute atomic E-state index is 13.8.